The molecule has 6 heteroatoms. The molecule has 0 bridgehead atoms. The summed E-state index contributed by atoms with van der Waals surface area (Å²) >= 11 is 5.95. The van der Waals surface area contributed by atoms with Gasteiger partial charge >= 0.3 is 0 Å². The zero-order chi connectivity index (χ0) is 16.5. The molecule has 0 radical (unpaired) electrons. The summed E-state index contributed by atoms with van der Waals surface area (Å²) in [4.78, 5) is 9.14. The van der Waals surface area contributed by atoms with Gasteiger partial charge in [-0.05, 0) is 36.4 Å². The number of hydrogen-bond donors (Lipinski definition) is 1. The highest BCUT2D eigenvalue weighted by atomic mass is 35.5. The summed E-state index contributed by atoms with van der Waals surface area (Å²) in [5.41, 5.74) is 2.67. The van der Waals surface area contributed by atoms with E-state index in [0.717, 1.165) is 37.7 Å². The van der Waals surface area contributed by atoms with Crippen molar-refractivity contribution in [3.63, 3.8) is 0 Å². The SMILES string of the molecule is Fc1cc(Cl)cc(C2=CCN3C=C(N4CCNCC4)C=CC3=N2)c1. The van der Waals surface area contributed by atoms with Gasteiger partial charge in [0.2, 0.25) is 0 Å². The molecule has 0 aliphatic carbocycles. The minimum atomic E-state index is -0.346. The lowest BCUT2D eigenvalue weighted by Crippen LogP contribution is -2.44. The average Bonchev–Trinajstić information content (AvgIpc) is 2.61. The molecule has 4 rings (SSSR count). The van der Waals surface area contributed by atoms with Gasteiger partial charge in [0, 0.05) is 49.5 Å². The molecular formula is C18H18ClFN4. The molecule has 1 fully saturated rings. The van der Waals surface area contributed by atoms with Gasteiger partial charge in [-0.25, -0.2) is 9.38 Å². The molecule has 3 aliphatic heterocycles. The van der Waals surface area contributed by atoms with Gasteiger partial charge in [-0.15, -0.1) is 0 Å². The highest BCUT2D eigenvalue weighted by molar-refractivity contribution is 6.30. The van der Waals surface area contributed by atoms with Crippen LogP contribution in [0.2, 0.25) is 5.02 Å². The van der Waals surface area contributed by atoms with Crippen LogP contribution in [0.4, 0.5) is 4.39 Å². The topological polar surface area (TPSA) is 30.9 Å². The predicted octanol–water partition coefficient (Wildman–Crippen LogP) is 2.85. The van der Waals surface area contributed by atoms with E-state index in [0.29, 0.717) is 17.1 Å². The second-order valence-corrected chi connectivity index (χ2v) is 6.43. The van der Waals surface area contributed by atoms with Crippen LogP contribution in [-0.4, -0.2) is 48.4 Å². The smallest absolute Gasteiger partial charge is 0.133 e. The molecule has 3 heterocycles. The van der Waals surface area contributed by atoms with Crippen molar-refractivity contribution in [2.45, 2.75) is 0 Å². The van der Waals surface area contributed by atoms with Gasteiger partial charge in [-0.2, -0.15) is 0 Å². The summed E-state index contributed by atoms with van der Waals surface area (Å²) in [6.45, 7) is 4.76. The molecule has 124 valence electrons. The predicted molar refractivity (Wildman–Crippen MR) is 95.2 cm³/mol. The molecule has 0 spiro atoms. The first-order chi connectivity index (χ1) is 11.7. The Balaban J connectivity index is 1.56. The molecule has 3 aliphatic rings. The lowest BCUT2D eigenvalue weighted by atomic mass is 10.1. The van der Waals surface area contributed by atoms with Gasteiger partial charge in [0.05, 0.1) is 11.4 Å². The van der Waals surface area contributed by atoms with Crippen LogP contribution >= 0.6 is 11.6 Å². The Hall–Kier alpha value is -2.11. The van der Waals surface area contributed by atoms with E-state index in [9.17, 15) is 4.39 Å². The van der Waals surface area contributed by atoms with Gasteiger partial charge in [0.1, 0.15) is 11.7 Å². The second kappa shape index (κ2) is 6.42. The molecule has 24 heavy (non-hydrogen) atoms. The fourth-order valence-electron chi connectivity index (χ4n) is 3.12. The molecule has 0 atom stereocenters. The van der Waals surface area contributed by atoms with Gasteiger partial charge in [-0.1, -0.05) is 11.6 Å². The number of aliphatic imine (C=N–C) groups is 1. The van der Waals surface area contributed by atoms with Crippen LogP contribution < -0.4 is 5.32 Å². The molecule has 4 nitrogen and oxygen atoms in total. The highest BCUT2D eigenvalue weighted by Gasteiger charge is 2.20. The first-order valence-corrected chi connectivity index (χ1v) is 8.44. The summed E-state index contributed by atoms with van der Waals surface area (Å²) in [5.74, 6) is 0.521. The average molecular weight is 345 g/mol. The van der Waals surface area contributed by atoms with E-state index in [4.69, 9.17) is 11.6 Å². The van der Waals surface area contributed by atoms with E-state index in [1.807, 2.05) is 12.2 Å². The normalized spacial score (nSPS) is 20.3. The number of allylic oxidation sites excluding steroid dienone is 1. The first-order valence-electron chi connectivity index (χ1n) is 8.06. The van der Waals surface area contributed by atoms with E-state index in [1.54, 1.807) is 6.07 Å². The summed E-state index contributed by atoms with van der Waals surface area (Å²) in [5, 5.41) is 3.74. The van der Waals surface area contributed by atoms with E-state index in [-0.39, 0.29) is 5.82 Å². The number of benzene rings is 1. The monoisotopic (exact) mass is 344 g/mol. The van der Waals surface area contributed by atoms with Gasteiger partial charge in [0.15, 0.2) is 0 Å². The third kappa shape index (κ3) is 3.09. The lowest BCUT2D eigenvalue weighted by Gasteiger charge is -2.34. The van der Waals surface area contributed by atoms with Crippen molar-refractivity contribution < 1.29 is 4.39 Å². The fraction of sp³-hybridized carbons (Fsp3) is 0.278. The number of fused-ring (bicyclic) bond motifs is 1. The van der Waals surface area contributed by atoms with Crippen LogP contribution in [-0.2, 0) is 0 Å². The minimum absolute atomic E-state index is 0.346. The molecule has 0 saturated carbocycles. The number of nitrogens with one attached hydrogen (secondary N) is 1. The summed E-state index contributed by atoms with van der Waals surface area (Å²) in [7, 11) is 0. The van der Waals surface area contributed by atoms with E-state index < -0.39 is 0 Å². The van der Waals surface area contributed by atoms with Crippen LogP contribution in [0.3, 0.4) is 0 Å². The molecule has 0 aromatic heterocycles. The Morgan fingerprint density at radius 1 is 1.12 bits per heavy atom. The number of piperazine rings is 1. The molecule has 1 saturated heterocycles. The largest absolute Gasteiger partial charge is 0.368 e. The minimum Gasteiger partial charge on any atom is -0.368 e. The van der Waals surface area contributed by atoms with Crippen molar-refractivity contribution in [2.24, 2.45) is 4.99 Å². The second-order valence-electron chi connectivity index (χ2n) is 5.99. The van der Waals surface area contributed by atoms with Gasteiger partial charge < -0.3 is 15.1 Å². The quantitative estimate of drug-likeness (QED) is 0.895. The molecule has 1 aromatic carbocycles. The van der Waals surface area contributed by atoms with Crippen molar-refractivity contribution >= 4 is 23.1 Å². The zero-order valence-electron chi connectivity index (χ0n) is 13.2. The molecule has 0 unspecified atom stereocenters. The van der Waals surface area contributed by atoms with Crippen molar-refractivity contribution in [1.29, 1.82) is 0 Å². The molecule has 1 N–H and O–H groups in total. The highest BCUT2D eigenvalue weighted by Crippen LogP contribution is 2.26. The van der Waals surface area contributed by atoms with E-state index in [2.05, 4.69) is 32.4 Å². The summed E-state index contributed by atoms with van der Waals surface area (Å²) in [6.07, 6.45) is 8.25. The Kier molecular flexibility index (Phi) is 4.12. The number of hydrogen-bond acceptors (Lipinski definition) is 4. The Morgan fingerprint density at radius 2 is 1.96 bits per heavy atom. The number of halogens is 2. The van der Waals surface area contributed by atoms with Crippen molar-refractivity contribution in [2.75, 3.05) is 32.7 Å². The van der Waals surface area contributed by atoms with Crippen LogP contribution in [0.25, 0.3) is 5.70 Å². The zero-order valence-corrected chi connectivity index (χ0v) is 13.9. The number of nitrogens with zero attached hydrogens (tertiary/aromatic N) is 3. The third-order valence-electron chi connectivity index (χ3n) is 4.34. The Morgan fingerprint density at radius 3 is 2.75 bits per heavy atom. The summed E-state index contributed by atoms with van der Waals surface area (Å²) in [6, 6.07) is 4.51. The summed E-state index contributed by atoms with van der Waals surface area (Å²) < 4.78 is 13.6. The number of amidine groups is 1. The molecule has 1 aromatic rings. The fourth-order valence-corrected chi connectivity index (χ4v) is 3.34. The number of rotatable bonds is 2. The van der Waals surface area contributed by atoms with Crippen LogP contribution in [0.5, 0.6) is 0 Å². The van der Waals surface area contributed by atoms with E-state index >= 15 is 0 Å². The Bertz CT molecular complexity index is 755. The molecule has 0 amide bonds. The van der Waals surface area contributed by atoms with Crippen LogP contribution in [0.1, 0.15) is 5.56 Å². The maximum absolute atomic E-state index is 13.6. The van der Waals surface area contributed by atoms with Gasteiger partial charge in [-0.3, -0.25) is 0 Å². The maximum Gasteiger partial charge on any atom is 0.133 e. The lowest BCUT2D eigenvalue weighted by molar-refractivity contribution is 0.302. The third-order valence-corrected chi connectivity index (χ3v) is 4.56. The van der Waals surface area contributed by atoms with Gasteiger partial charge in [0.25, 0.3) is 0 Å². The maximum atomic E-state index is 13.6. The van der Waals surface area contributed by atoms with Crippen LogP contribution in [0.15, 0.2) is 53.3 Å². The van der Waals surface area contributed by atoms with Crippen molar-refractivity contribution in [3.05, 3.63) is 64.7 Å². The van der Waals surface area contributed by atoms with E-state index in [1.165, 1.54) is 17.8 Å². The molecular weight excluding hydrogens is 327 g/mol. The standard InChI is InChI=1S/C18H18ClFN4/c19-14-9-13(10-15(20)11-14)17-3-6-24-12-16(1-2-18(24)22-17)23-7-4-21-5-8-23/h1-3,9-12,21H,4-8H2. The first kappa shape index (κ1) is 15.4. The van der Waals surface area contributed by atoms with Crippen LogP contribution in [0, 0.1) is 5.82 Å². The van der Waals surface area contributed by atoms with Crippen molar-refractivity contribution in [3.8, 4) is 0 Å². The van der Waals surface area contributed by atoms with Crippen molar-refractivity contribution in [1.82, 2.24) is 15.1 Å². The Labute approximate surface area is 145 Å².